The first-order chi connectivity index (χ1) is 10.4. The lowest BCUT2D eigenvalue weighted by Crippen LogP contribution is -2.44. The summed E-state index contributed by atoms with van der Waals surface area (Å²) >= 11 is 0. The highest BCUT2D eigenvalue weighted by atomic mass is 32.2. The molecule has 1 aromatic carbocycles. The van der Waals surface area contributed by atoms with E-state index in [0.717, 1.165) is 37.7 Å². The molecule has 3 amide bonds. The van der Waals surface area contributed by atoms with Crippen LogP contribution < -0.4 is 10.0 Å². The number of urea groups is 1. The van der Waals surface area contributed by atoms with Gasteiger partial charge in [-0.15, -0.1) is 0 Å². The molecule has 22 heavy (non-hydrogen) atoms. The summed E-state index contributed by atoms with van der Waals surface area (Å²) in [6.45, 7) is 1.83. The molecule has 1 fully saturated rings. The third-order valence-electron chi connectivity index (χ3n) is 3.77. The van der Waals surface area contributed by atoms with Gasteiger partial charge < -0.3 is 0 Å². The van der Waals surface area contributed by atoms with Gasteiger partial charge in [0.1, 0.15) is 0 Å². The summed E-state index contributed by atoms with van der Waals surface area (Å²) in [5, 5.41) is 2.12. The Kier molecular flexibility index (Phi) is 5.18. The number of imide groups is 1. The number of aryl methyl sites for hydroxylation is 1. The molecule has 1 aliphatic rings. The number of nitrogens with one attached hydrogen (secondary N) is 2. The third kappa shape index (κ3) is 4.30. The fourth-order valence-electron chi connectivity index (χ4n) is 2.50. The molecule has 0 aliphatic heterocycles. The van der Waals surface area contributed by atoms with Gasteiger partial charge in [-0.2, -0.15) is 0 Å². The van der Waals surface area contributed by atoms with Crippen molar-refractivity contribution in [2.75, 3.05) is 0 Å². The van der Waals surface area contributed by atoms with Gasteiger partial charge in [0.25, 0.3) is 10.0 Å². The smallest absolute Gasteiger partial charge is 0.277 e. The molecule has 2 N–H and O–H groups in total. The van der Waals surface area contributed by atoms with Crippen molar-refractivity contribution in [3.05, 3.63) is 29.8 Å². The molecule has 120 valence electrons. The van der Waals surface area contributed by atoms with Gasteiger partial charge in [-0.25, -0.2) is 17.9 Å². The summed E-state index contributed by atoms with van der Waals surface area (Å²) in [6, 6.07) is 5.09. The number of rotatable bonds is 3. The minimum atomic E-state index is -3.97. The fourth-order valence-corrected chi connectivity index (χ4v) is 3.41. The lowest BCUT2D eigenvalue weighted by atomic mass is 9.89. The topological polar surface area (TPSA) is 92.3 Å². The SMILES string of the molecule is Cc1ccc(S(=O)(=O)NC(=O)NC(=O)C2CCCCC2)cc1. The second-order valence-electron chi connectivity index (χ2n) is 5.57. The average molecular weight is 324 g/mol. The van der Waals surface area contributed by atoms with Crippen LogP contribution in [0.4, 0.5) is 4.79 Å². The van der Waals surface area contributed by atoms with Crippen molar-refractivity contribution >= 4 is 22.0 Å². The third-order valence-corrected chi connectivity index (χ3v) is 5.12. The van der Waals surface area contributed by atoms with E-state index in [1.165, 1.54) is 12.1 Å². The highest BCUT2D eigenvalue weighted by Gasteiger charge is 2.24. The molecular weight excluding hydrogens is 304 g/mol. The maximum Gasteiger partial charge on any atom is 0.335 e. The number of amides is 3. The van der Waals surface area contributed by atoms with Gasteiger partial charge in [-0.3, -0.25) is 10.1 Å². The van der Waals surface area contributed by atoms with Crippen LogP contribution in [0.3, 0.4) is 0 Å². The molecule has 1 saturated carbocycles. The predicted molar refractivity (Wildman–Crippen MR) is 81.6 cm³/mol. The Balaban J connectivity index is 1.95. The highest BCUT2D eigenvalue weighted by molar-refractivity contribution is 7.90. The number of carbonyl (C=O) groups excluding carboxylic acids is 2. The molecule has 0 heterocycles. The van der Waals surface area contributed by atoms with Crippen LogP contribution in [0.2, 0.25) is 0 Å². The van der Waals surface area contributed by atoms with Crippen LogP contribution in [0, 0.1) is 12.8 Å². The number of hydrogen-bond donors (Lipinski definition) is 2. The summed E-state index contributed by atoms with van der Waals surface area (Å²) in [4.78, 5) is 23.6. The van der Waals surface area contributed by atoms with Crippen LogP contribution >= 0.6 is 0 Å². The quantitative estimate of drug-likeness (QED) is 0.890. The largest absolute Gasteiger partial charge is 0.335 e. The van der Waals surface area contributed by atoms with Crippen LogP contribution in [0.25, 0.3) is 0 Å². The molecule has 0 saturated heterocycles. The molecule has 1 aromatic rings. The van der Waals surface area contributed by atoms with Crippen LogP contribution in [0.1, 0.15) is 37.7 Å². The van der Waals surface area contributed by atoms with Gasteiger partial charge in [0.2, 0.25) is 5.91 Å². The molecule has 6 nitrogen and oxygen atoms in total. The van der Waals surface area contributed by atoms with E-state index in [0.29, 0.717) is 0 Å². The predicted octanol–water partition coefficient (Wildman–Crippen LogP) is 2.09. The first-order valence-electron chi connectivity index (χ1n) is 7.33. The Hall–Kier alpha value is -1.89. The van der Waals surface area contributed by atoms with Gasteiger partial charge in [0.15, 0.2) is 0 Å². The normalized spacial score (nSPS) is 16.0. The van der Waals surface area contributed by atoms with Gasteiger partial charge in [-0.05, 0) is 31.9 Å². The summed E-state index contributed by atoms with van der Waals surface area (Å²) in [5.74, 6) is -0.613. The van der Waals surface area contributed by atoms with E-state index in [1.807, 2.05) is 11.6 Å². The average Bonchev–Trinajstić information content (AvgIpc) is 2.48. The standard InChI is InChI=1S/C15H20N2O4S/c1-11-7-9-13(10-8-11)22(20,21)17-15(19)16-14(18)12-5-3-2-4-6-12/h7-10,12H,2-6H2,1H3,(H2,16,17,18,19). The Morgan fingerprint density at radius 3 is 2.23 bits per heavy atom. The minimum absolute atomic E-state index is 0.0154. The molecule has 0 aromatic heterocycles. The molecule has 0 atom stereocenters. The summed E-state index contributed by atoms with van der Waals surface area (Å²) < 4.78 is 25.9. The van der Waals surface area contributed by atoms with Crippen LogP contribution in [0.5, 0.6) is 0 Å². The van der Waals surface area contributed by atoms with E-state index in [4.69, 9.17) is 0 Å². The summed E-state index contributed by atoms with van der Waals surface area (Å²) in [6.07, 6.45) is 4.49. The van der Waals surface area contributed by atoms with E-state index in [-0.39, 0.29) is 10.8 Å². The lowest BCUT2D eigenvalue weighted by molar-refractivity contribution is -0.124. The molecule has 1 aliphatic carbocycles. The monoisotopic (exact) mass is 324 g/mol. The van der Waals surface area contributed by atoms with E-state index < -0.39 is 22.0 Å². The van der Waals surface area contributed by atoms with Crippen molar-refractivity contribution in [3.63, 3.8) is 0 Å². The second kappa shape index (κ2) is 6.91. The van der Waals surface area contributed by atoms with Crippen molar-refractivity contribution in [2.45, 2.75) is 43.9 Å². The molecule has 7 heteroatoms. The first-order valence-corrected chi connectivity index (χ1v) is 8.81. The fraction of sp³-hybridized carbons (Fsp3) is 0.467. The van der Waals surface area contributed by atoms with E-state index in [9.17, 15) is 18.0 Å². The maximum absolute atomic E-state index is 12.0. The Labute approximate surface area is 130 Å². The number of benzene rings is 1. The van der Waals surface area contributed by atoms with Crippen molar-refractivity contribution in [1.82, 2.24) is 10.0 Å². The summed E-state index contributed by atoms with van der Waals surface area (Å²) in [7, 11) is -3.97. The van der Waals surface area contributed by atoms with Crippen molar-refractivity contribution in [2.24, 2.45) is 5.92 Å². The lowest BCUT2D eigenvalue weighted by Gasteiger charge is -2.20. The van der Waals surface area contributed by atoms with Crippen LogP contribution in [-0.2, 0) is 14.8 Å². The van der Waals surface area contributed by atoms with Crippen molar-refractivity contribution in [3.8, 4) is 0 Å². The molecule has 2 rings (SSSR count). The van der Waals surface area contributed by atoms with Crippen LogP contribution in [0.15, 0.2) is 29.2 Å². The zero-order chi connectivity index (χ0) is 16.2. The minimum Gasteiger partial charge on any atom is -0.277 e. The molecular formula is C15H20N2O4S. The number of carbonyl (C=O) groups is 2. The maximum atomic E-state index is 12.0. The molecule has 0 bridgehead atoms. The summed E-state index contributed by atoms with van der Waals surface area (Å²) in [5.41, 5.74) is 0.913. The van der Waals surface area contributed by atoms with Crippen molar-refractivity contribution < 1.29 is 18.0 Å². The number of sulfonamides is 1. The molecule has 0 radical (unpaired) electrons. The van der Waals surface area contributed by atoms with E-state index in [1.54, 1.807) is 12.1 Å². The Morgan fingerprint density at radius 1 is 1.05 bits per heavy atom. The highest BCUT2D eigenvalue weighted by Crippen LogP contribution is 2.23. The molecule has 0 spiro atoms. The van der Waals surface area contributed by atoms with Gasteiger partial charge >= 0.3 is 6.03 Å². The van der Waals surface area contributed by atoms with E-state index in [2.05, 4.69) is 5.32 Å². The van der Waals surface area contributed by atoms with E-state index >= 15 is 0 Å². The zero-order valence-corrected chi connectivity index (χ0v) is 13.3. The van der Waals surface area contributed by atoms with Gasteiger partial charge in [-0.1, -0.05) is 37.0 Å². The Morgan fingerprint density at radius 2 is 1.64 bits per heavy atom. The first kappa shape index (κ1) is 16.5. The zero-order valence-electron chi connectivity index (χ0n) is 12.5. The van der Waals surface area contributed by atoms with Gasteiger partial charge in [0.05, 0.1) is 4.90 Å². The van der Waals surface area contributed by atoms with Gasteiger partial charge in [0, 0.05) is 5.92 Å². The second-order valence-corrected chi connectivity index (χ2v) is 7.25. The van der Waals surface area contributed by atoms with Crippen molar-refractivity contribution in [1.29, 1.82) is 0 Å². The number of hydrogen-bond acceptors (Lipinski definition) is 4. The molecule has 0 unspecified atom stereocenters. The Bertz CT molecular complexity index is 647. The van der Waals surface area contributed by atoms with Crippen LogP contribution in [-0.4, -0.2) is 20.4 Å².